The first-order chi connectivity index (χ1) is 13.7. The van der Waals surface area contributed by atoms with Crippen LogP contribution in [0.4, 0.5) is 4.39 Å². The van der Waals surface area contributed by atoms with Crippen LogP contribution >= 0.6 is 0 Å². The molecule has 0 bridgehead atoms. The van der Waals surface area contributed by atoms with Crippen molar-refractivity contribution in [3.63, 3.8) is 0 Å². The van der Waals surface area contributed by atoms with E-state index in [9.17, 15) is 27.2 Å². The quantitative estimate of drug-likeness (QED) is 0.345. The van der Waals surface area contributed by atoms with Gasteiger partial charge in [-0.3, -0.25) is 19.2 Å². The van der Waals surface area contributed by atoms with E-state index in [0.717, 1.165) is 17.9 Å². The molecule has 1 aromatic rings. The van der Waals surface area contributed by atoms with Crippen molar-refractivity contribution in [3.8, 4) is 0 Å². The maximum Gasteiger partial charge on any atom is 0.301 e. The van der Waals surface area contributed by atoms with Gasteiger partial charge in [-0.1, -0.05) is 25.0 Å². The Kier molecular flexibility index (Phi) is 6.04. The van der Waals surface area contributed by atoms with E-state index in [1.54, 1.807) is 0 Å². The number of amides is 2. The number of nitrogens with zero attached hydrogens (tertiary/aromatic N) is 1. The van der Waals surface area contributed by atoms with Crippen LogP contribution in [0.15, 0.2) is 24.3 Å². The van der Waals surface area contributed by atoms with Crippen molar-refractivity contribution in [2.75, 3.05) is 7.11 Å². The molecule has 3 rings (SSSR count). The molecule has 0 heterocycles. The zero-order chi connectivity index (χ0) is 21.2. The molecule has 2 aliphatic carbocycles. The topological polar surface area (TPSA) is 110 Å². The van der Waals surface area contributed by atoms with Crippen molar-refractivity contribution in [1.82, 2.24) is 9.79 Å². The van der Waals surface area contributed by atoms with Crippen LogP contribution < -0.4 is 4.72 Å². The minimum atomic E-state index is -3.97. The van der Waals surface area contributed by atoms with Crippen molar-refractivity contribution in [2.24, 2.45) is 5.92 Å². The van der Waals surface area contributed by atoms with Crippen LogP contribution in [0.25, 0.3) is 0 Å². The molecule has 10 heteroatoms. The van der Waals surface area contributed by atoms with Crippen LogP contribution in [-0.2, 0) is 35.8 Å². The molecule has 0 saturated heterocycles. The zero-order valence-electron chi connectivity index (χ0n) is 16.0. The van der Waals surface area contributed by atoms with Gasteiger partial charge in [0.2, 0.25) is 15.8 Å². The highest BCUT2D eigenvalue weighted by Gasteiger charge is 2.57. The Hall–Kier alpha value is -2.33. The highest BCUT2D eigenvalue weighted by molar-refractivity contribution is 7.91. The number of halogens is 1. The lowest BCUT2D eigenvalue weighted by atomic mass is 10.2. The van der Waals surface area contributed by atoms with Gasteiger partial charge in [-0.2, -0.15) is 0 Å². The molecule has 158 valence electrons. The maximum atomic E-state index is 13.0. The molecule has 1 N–H and O–H groups in total. The molecular weight excluding hydrogens is 403 g/mol. The minimum Gasteiger partial charge on any atom is -0.288 e. The van der Waals surface area contributed by atoms with E-state index in [2.05, 4.69) is 0 Å². The Labute approximate surface area is 168 Å². The number of benzene rings is 1. The van der Waals surface area contributed by atoms with Crippen molar-refractivity contribution in [2.45, 2.75) is 49.8 Å². The number of carbonyl (C=O) groups is 3. The average Bonchev–Trinajstić information content (AvgIpc) is 3.58. The summed E-state index contributed by atoms with van der Waals surface area (Å²) >= 11 is 0. The monoisotopic (exact) mass is 426 g/mol. The fourth-order valence-corrected chi connectivity index (χ4v) is 4.84. The summed E-state index contributed by atoms with van der Waals surface area (Å²) in [6.07, 6.45) is 2.56. The van der Waals surface area contributed by atoms with Gasteiger partial charge in [0.05, 0.1) is 24.8 Å². The largest absolute Gasteiger partial charge is 0.301 e. The molecule has 0 spiro atoms. The summed E-state index contributed by atoms with van der Waals surface area (Å²) in [6, 6.07) is 5.33. The number of hydroxylamine groups is 2. The number of Topliss-reactive ketones (excluding diaryl/α,β-unsaturated/α-hetero) is 1. The number of carbonyl (C=O) groups excluding carboxylic acids is 3. The molecular formula is C19H23FN2O6S. The molecule has 0 atom stereocenters. The molecule has 0 aliphatic heterocycles. The molecule has 0 aromatic heterocycles. The van der Waals surface area contributed by atoms with Crippen molar-refractivity contribution < 1.29 is 32.0 Å². The molecule has 2 aliphatic rings. The highest BCUT2D eigenvalue weighted by atomic mass is 32.2. The van der Waals surface area contributed by atoms with Gasteiger partial charge in [-0.05, 0) is 42.9 Å². The number of hydrogen-bond donors (Lipinski definition) is 1. The predicted molar refractivity (Wildman–Crippen MR) is 100.0 cm³/mol. The lowest BCUT2D eigenvalue weighted by Gasteiger charge is -2.20. The van der Waals surface area contributed by atoms with Gasteiger partial charge in [0.25, 0.3) is 5.91 Å². The van der Waals surface area contributed by atoms with E-state index in [0.29, 0.717) is 30.7 Å². The van der Waals surface area contributed by atoms with Crippen molar-refractivity contribution >= 4 is 27.6 Å². The molecule has 2 saturated carbocycles. The second-order valence-corrected chi connectivity index (χ2v) is 9.68. The molecule has 0 unspecified atom stereocenters. The van der Waals surface area contributed by atoms with Crippen molar-refractivity contribution in [1.29, 1.82) is 0 Å². The molecule has 8 nitrogen and oxygen atoms in total. The summed E-state index contributed by atoms with van der Waals surface area (Å²) in [5.41, 5.74) is 0.553. The van der Waals surface area contributed by atoms with Gasteiger partial charge in [0.1, 0.15) is 5.82 Å². The number of nitrogens with one attached hydrogen (secondary N) is 1. The maximum absolute atomic E-state index is 13.0. The van der Waals surface area contributed by atoms with Gasteiger partial charge in [0.15, 0.2) is 0 Å². The highest BCUT2D eigenvalue weighted by Crippen LogP contribution is 2.52. The fourth-order valence-electron chi connectivity index (χ4n) is 3.17. The minimum absolute atomic E-state index is 0.0622. The second-order valence-electron chi connectivity index (χ2n) is 7.60. The number of rotatable bonds is 10. The van der Waals surface area contributed by atoms with Crippen LogP contribution in [0.5, 0.6) is 0 Å². The lowest BCUT2D eigenvalue weighted by Crippen LogP contribution is -2.44. The first-order valence-electron chi connectivity index (χ1n) is 9.34. The number of ketones is 1. The normalized spacial score (nSPS) is 17.4. The van der Waals surface area contributed by atoms with Crippen LogP contribution in [0.2, 0.25) is 0 Å². The van der Waals surface area contributed by atoms with E-state index in [1.165, 1.54) is 31.4 Å². The van der Waals surface area contributed by atoms with E-state index in [4.69, 9.17) is 4.84 Å². The van der Waals surface area contributed by atoms with Crippen LogP contribution in [0.3, 0.4) is 0 Å². The first-order valence-corrected chi connectivity index (χ1v) is 10.8. The first kappa shape index (κ1) is 21.4. The molecule has 29 heavy (non-hydrogen) atoms. The molecule has 0 radical (unpaired) electrons. The summed E-state index contributed by atoms with van der Waals surface area (Å²) < 4.78 is 38.9. The Morgan fingerprint density at radius 1 is 1.21 bits per heavy atom. The van der Waals surface area contributed by atoms with Crippen LogP contribution in [0.1, 0.15) is 44.1 Å². The van der Waals surface area contributed by atoms with E-state index in [-0.39, 0.29) is 6.54 Å². The summed E-state index contributed by atoms with van der Waals surface area (Å²) in [6.45, 7) is -0.0622. The third-order valence-electron chi connectivity index (χ3n) is 5.27. The Morgan fingerprint density at radius 3 is 2.34 bits per heavy atom. The Balaban J connectivity index is 1.55. The zero-order valence-corrected chi connectivity index (χ0v) is 16.8. The standard InChI is InChI=1S/C19H23FN2O6S/c1-28-22(12-14-4-6-15(20)7-5-14)17(24)10-16(23)18(25)21-29(26,27)19(8-9-19)11-13-2-3-13/h4-7,13H,2-3,8-12H2,1H3,(H,21,25). The number of hydrogen-bond acceptors (Lipinski definition) is 6. The smallest absolute Gasteiger partial charge is 0.288 e. The van der Waals surface area contributed by atoms with Gasteiger partial charge in [0, 0.05) is 0 Å². The number of sulfonamides is 1. The summed E-state index contributed by atoms with van der Waals surface area (Å²) in [7, 11) is -2.76. The van der Waals surface area contributed by atoms with Gasteiger partial charge < -0.3 is 0 Å². The SMILES string of the molecule is CON(Cc1ccc(F)cc1)C(=O)CC(=O)C(=O)NS(=O)(=O)C1(CC2CC2)CC1. The van der Waals surface area contributed by atoms with Crippen LogP contribution in [-0.4, -0.2) is 42.9 Å². The van der Waals surface area contributed by atoms with E-state index < -0.39 is 44.6 Å². The van der Waals surface area contributed by atoms with E-state index >= 15 is 0 Å². The second kappa shape index (κ2) is 8.19. The molecule has 2 fully saturated rings. The fraction of sp³-hybridized carbons (Fsp3) is 0.526. The third-order valence-corrected chi connectivity index (χ3v) is 7.43. The Morgan fingerprint density at radius 2 is 1.83 bits per heavy atom. The predicted octanol–water partition coefficient (Wildman–Crippen LogP) is 1.45. The van der Waals surface area contributed by atoms with E-state index in [1.807, 2.05) is 4.72 Å². The summed E-state index contributed by atoms with van der Waals surface area (Å²) in [4.78, 5) is 41.4. The summed E-state index contributed by atoms with van der Waals surface area (Å²) in [5.74, 6) is -3.37. The average molecular weight is 426 g/mol. The Bertz CT molecular complexity index is 907. The lowest BCUT2D eigenvalue weighted by molar-refractivity contribution is -0.180. The van der Waals surface area contributed by atoms with Gasteiger partial charge in [-0.15, -0.1) is 0 Å². The van der Waals surface area contributed by atoms with Crippen LogP contribution in [0, 0.1) is 11.7 Å². The molecule has 1 aromatic carbocycles. The van der Waals surface area contributed by atoms with Crippen molar-refractivity contribution in [3.05, 3.63) is 35.6 Å². The third kappa shape index (κ3) is 5.18. The van der Waals surface area contributed by atoms with Gasteiger partial charge >= 0.3 is 5.91 Å². The van der Waals surface area contributed by atoms with Gasteiger partial charge in [-0.25, -0.2) is 22.6 Å². The summed E-state index contributed by atoms with van der Waals surface area (Å²) in [5, 5.41) is 0.850. The molecule has 2 amide bonds.